The van der Waals surface area contributed by atoms with Crippen LogP contribution in [0.4, 0.5) is 5.69 Å². The van der Waals surface area contributed by atoms with Crippen molar-refractivity contribution in [3.8, 4) is 0 Å². The monoisotopic (exact) mass is 223 g/mol. The summed E-state index contributed by atoms with van der Waals surface area (Å²) in [6.45, 7) is 0. The molecule has 0 aliphatic rings. The number of carbonyl (C=O) groups excluding carboxylic acids is 1. The SMILES string of the molecule is Nc1ccc(C=O)cc1S(=O)(=O)[O-].[Na+]. The molecule has 1 aromatic carbocycles. The van der Waals surface area contributed by atoms with Gasteiger partial charge in [0.1, 0.15) is 16.4 Å². The van der Waals surface area contributed by atoms with E-state index in [1.165, 1.54) is 12.1 Å². The molecule has 70 valence electrons. The van der Waals surface area contributed by atoms with E-state index in [0.29, 0.717) is 6.29 Å². The van der Waals surface area contributed by atoms with E-state index in [9.17, 15) is 17.8 Å². The van der Waals surface area contributed by atoms with Crippen LogP contribution in [0.15, 0.2) is 23.1 Å². The summed E-state index contributed by atoms with van der Waals surface area (Å²) in [6, 6.07) is 3.48. The van der Waals surface area contributed by atoms with E-state index in [4.69, 9.17) is 5.73 Å². The number of anilines is 1. The molecular weight excluding hydrogens is 217 g/mol. The van der Waals surface area contributed by atoms with Crippen LogP contribution in [-0.2, 0) is 10.1 Å². The normalized spacial score (nSPS) is 10.4. The number of rotatable bonds is 2. The molecule has 1 rings (SSSR count). The van der Waals surface area contributed by atoms with E-state index in [0.717, 1.165) is 6.07 Å². The van der Waals surface area contributed by atoms with Gasteiger partial charge in [0, 0.05) is 11.3 Å². The van der Waals surface area contributed by atoms with Crippen molar-refractivity contribution in [1.82, 2.24) is 0 Å². The van der Waals surface area contributed by atoms with E-state index < -0.39 is 15.0 Å². The number of nitrogens with two attached hydrogens (primary N) is 1. The third kappa shape index (κ3) is 3.07. The second-order valence-electron chi connectivity index (χ2n) is 2.37. The minimum absolute atomic E-state index is 0. The molecule has 0 amide bonds. The molecule has 7 heteroatoms. The Morgan fingerprint density at radius 1 is 1.36 bits per heavy atom. The van der Waals surface area contributed by atoms with Crippen LogP contribution in [0.1, 0.15) is 10.4 Å². The van der Waals surface area contributed by atoms with Gasteiger partial charge >= 0.3 is 29.6 Å². The Bertz CT molecular complexity index is 443. The summed E-state index contributed by atoms with van der Waals surface area (Å²) in [6.07, 6.45) is 0.439. The van der Waals surface area contributed by atoms with Crippen LogP contribution in [0, 0.1) is 0 Å². The maximum Gasteiger partial charge on any atom is 1.00 e. The number of hydrogen-bond acceptors (Lipinski definition) is 5. The summed E-state index contributed by atoms with van der Waals surface area (Å²) in [4.78, 5) is 9.70. The molecule has 0 atom stereocenters. The first kappa shape index (κ1) is 13.6. The van der Waals surface area contributed by atoms with Crippen LogP contribution >= 0.6 is 0 Å². The van der Waals surface area contributed by atoms with Crippen LogP contribution < -0.4 is 35.3 Å². The van der Waals surface area contributed by atoms with Gasteiger partial charge in [0.25, 0.3) is 0 Å². The predicted molar refractivity (Wildman–Crippen MR) is 44.2 cm³/mol. The minimum Gasteiger partial charge on any atom is -0.744 e. The van der Waals surface area contributed by atoms with Crippen LogP contribution in [0.3, 0.4) is 0 Å². The predicted octanol–water partition coefficient (Wildman–Crippen LogP) is -3.01. The van der Waals surface area contributed by atoms with Gasteiger partial charge in [-0.25, -0.2) is 8.42 Å². The Labute approximate surface area is 103 Å². The van der Waals surface area contributed by atoms with Gasteiger partial charge in [-0.15, -0.1) is 0 Å². The molecule has 0 aliphatic heterocycles. The van der Waals surface area contributed by atoms with Crippen molar-refractivity contribution in [2.24, 2.45) is 0 Å². The summed E-state index contributed by atoms with van der Waals surface area (Å²) in [5, 5.41) is 0. The van der Waals surface area contributed by atoms with Gasteiger partial charge < -0.3 is 10.3 Å². The summed E-state index contributed by atoms with van der Waals surface area (Å²) >= 11 is 0. The molecule has 0 radical (unpaired) electrons. The van der Waals surface area contributed by atoms with Crippen LogP contribution in [-0.4, -0.2) is 19.3 Å². The van der Waals surface area contributed by atoms with Gasteiger partial charge in [-0.1, -0.05) is 0 Å². The first-order chi connectivity index (χ1) is 5.95. The van der Waals surface area contributed by atoms with Crippen LogP contribution in [0.5, 0.6) is 0 Å². The van der Waals surface area contributed by atoms with Gasteiger partial charge in [0.05, 0.1) is 4.90 Å². The number of hydrogen-bond donors (Lipinski definition) is 1. The summed E-state index contributed by atoms with van der Waals surface area (Å²) < 4.78 is 31.7. The van der Waals surface area contributed by atoms with Crippen LogP contribution in [0.2, 0.25) is 0 Å². The largest absolute Gasteiger partial charge is 1.00 e. The minimum atomic E-state index is -4.60. The molecule has 0 heterocycles. The smallest absolute Gasteiger partial charge is 0.744 e. The van der Waals surface area contributed by atoms with Crippen LogP contribution in [0.25, 0.3) is 0 Å². The summed E-state index contributed by atoms with van der Waals surface area (Å²) in [5.41, 5.74) is 5.18. The van der Waals surface area contributed by atoms with E-state index in [2.05, 4.69) is 0 Å². The van der Waals surface area contributed by atoms with E-state index in [1.807, 2.05) is 0 Å². The number of benzene rings is 1. The zero-order valence-corrected chi connectivity index (χ0v) is 10.2. The molecule has 5 nitrogen and oxygen atoms in total. The summed E-state index contributed by atoms with van der Waals surface area (Å²) in [5.74, 6) is 0. The van der Waals surface area contributed by atoms with Gasteiger partial charge in [-0.05, 0) is 18.2 Å². The van der Waals surface area contributed by atoms with Crippen molar-refractivity contribution in [3.63, 3.8) is 0 Å². The molecule has 0 aliphatic carbocycles. The fourth-order valence-electron chi connectivity index (χ4n) is 0.841. The zero-order valence-electron chi connectivity index (χ0n) is 7.43. The van der Waals surface area contributed by atoms with Gasteiger partial charge in [-0.2, -0.15) is 0 Å². The van der Waals surface area contributed by atoms with Gasteiger partial charge in [-0.3, -0.25) is 4.79 Å². The Kier molecular flexibility index (Phi) is 4.76. The third-order valence-electron chi connectivity index (χ3n) is 1.44. The second-order valence-corrected chi connectivity index (χ2v) is 3.72. The average Bonchev–Trinajstić information content (AvgIpc) is 2.03. The number of nitrogen functional groups attached to an aromatic ring is 1. The van der Waals surface area contributed by atoms with Gasteiger partial charge in [0.2, 0.25) is 0 Å². The van der Waals surface area contributed by atoms with Crippen molar-refractivity contribution in [2.45, 2.75) is 4.90 Å². The fraction of sp³-hybridized carbons (Fsp3) is 0. The summed E-state index contributed by atoms with van der Waals surface area (Å²) in [7, 11) is -4.60. The zero-order chi connectivity index (χ0) is 10.1. The van der Waals surface area contributed by atoms with E-state index in [1.54, 1.807) is 0 Å². The Balaban J connectivity index is 0.00000169. The quantitative estimate of drug-likeness (QED) is 0.249. The van der Waals surface area contributed by atoms with Crippen molar-refractivity contribution < 1.29 is 47.3 Å². The molecule has 0 bridgehead atoms. The van der Waals surface area contributed by atoms with Crippen molar-refractivity contribution in [3.05, 3.63) is 23.8 Å². The molecule has 0 fully saturated rings. The Morgan fingerprint density at radius 2 is 1.93 bits per heavy atom. The molecule has 0 aromatic heterocycles. The number of carbonyl (C=O) groups is 1. The first-order valence-corrected chi connectivity index (χ1v) is 4.66. The molecule has 14 heavy (non-hydrogen) atoms. The van der Waals surface area contributed by atoms with Gasteiger partial charge in [0.15, 0.2) is 0 Å². The molecular formula is C7H6NNaO4S. The maximum absolute atomic E-state index is 10.6. The molecule has 0 saturated heterocycles. The van der Waals surface area contributed by atoms with E-state index in [-0.39, 0.29) is 40.8 Å². The number of aldehydes is 1. The topological polar surface area (TPSA) is 100 Å². The van der Waals surface area contributed by atoms with Crippen molar-refractivity contribution >= 4 is 22.1 Å². The second kappa shape index (κ2) is 4.90. The fourth-order valence-corrected chi connectivity index (χ4v) is 1.48. The average molecular weight is 223 g/mol. The maximum atomic E-state index is 10.6. The van der Waals surface area contributed by atoms with Crippen molar-refractivity contribution in [2.75, 3.05) is 5.73 Å². The standard InChI is InChI=1S/C7H7NO4S.Na/c8-6-2-1-5(4-9)3-7(6)13(10,11)12;/h1-4H,8H2,(H,10,11,12);/q;+1/p-1. The first-order valence-electron chi connectivity index (χ1n) is 3.26. The molecule has 0 unspecified atom stereocenters. The Hall–Kier alpha value is -0.400. The Morgan fingerprint density at radius 3 is 2.36 bits per heavy atom. The third-order valence-corrected chi connectivity index (χ3v) is 2.34. The van der Waals surface area contributed by atoms with E-state index >= 15 is 0 Å². The molecule has 2 N–H and O–H groups in total. The molecule has 0 spiro atoms. The molecule has 1 aromatic rings. The molecule has 0 saturated carbocycles. The van der Waals surface area contributed by atoms with Crippen molar-refractivity contribution in [1.29, 1.82) is 0 Å².